The topological polar surface area (TPSA) is 96.5 Å². The van der Waals surface area contributed by atoms with Crippen LogP contribution in [0.15, 0.2) is 118 Å². The molecule has 0 spiro atoms. The summed E-state index contributed by atoms with van der Waals surface area (Å²) in [6.07, 6.45) is 1.76. The van der Waals surface area contributed by atoms with Crippen LogP contribution in [0.4, 0.5) is 5.69 Å². The van der Waals surface area contributed by atoms with Crippen molar-refractivity contribution < 1.29 is 9.53 Å². The van der Waals surface area contributed by atoms with Crippen molar-refractivity contribution in [1.82, 2.24) is 4.57 Å². The average Bonchev–Trinajstić information content (AvgIpc) is 3.38. The monoisotopic (exact) mass is 658 g/mol. The van der Waals surface area contributed by atoms with Crippen molar-refractivity contribution in [1.29, 1.82) is 5.26 Å². The number of allylic oxidation sites excluding steroid dienone is 1. The first kappa shape index (κ1) is 31.7. The van der Waals surface area contributed by atoms with Gasteiger partial charge in [-0.2, -0.15) is 5.26 Å². The van der Waals surface area contributed by atoms with Crippen molar-refractivity contribution >= 4 is 40.6 Å². The Morgan fingerprint density at radius 2 is 1.79 bits per heavy atom. The highest BCUT2D eigenvalue weighted by molar-refractivity contribution is 7.07. The van der Waals surface area contributed by atoms with Crippen molar-refractivity contribution in [3.63, 3.8) is 0 Å². The molecule has 7 nitrogen and oxygen atoms in total. The molecule has 0 fully saturated rings. The Morgan fingerprint density at radius 3 is 2.47 bits per heavy atom. The summed E-state index contributed by atoms with van der Waals surface area (Å²) in [5.41, 5.74) is 5.38. The molecular weight excluding hydrogens is 628 g/mol. The Balaban J connectivity index is 1.43. The SMILES string of the molecule is CC1=C(C(=O)Nc2ccccc2)[C@@H](c2ccc(C(C)C)cc2)n2c(s/c(=C/c3cc(Cl)ccc3OCc3ccc(C#N)cc3)c2=O)=N1. The number of benzene rings is 4. The van der Waals surface area contributed by atoms with E-state index in [2.05, 4.69) is 25.2 Å². The van der Waals surface area contributed by atoms with Gasteiger partial charge in [0.2, 0.25) is 0 Å². The summed E-state index contributed by atoms with van der Waals surface area (Å²) in [6.45, 7) is 6.32. The number of nitrogens with one attached hydrogen (secondary N) is 1. The van der Waals surface area contributed by atoms with Gasteiger partial charge in [-0.25, -0.2) is 4.99 Å². The van der Waals surface area contributed by atoms with E-state index in [0.717, 1.165) is 16.7 Å². The maximum atomic E-state index is 14.3. The minimum atomic E-state index is -0.690. The molecule has 9 heteroatoms. The Bertz CT molecular complexity index is 2210. The third kappa shape index (κ3) is 6.82. The fraction of sp³-hybridized carbons (Fsp3) is 0.158. The summed E-state index contributed by atoms with van der Waals surface area (Å²) in [5, 5.41) is 12.6. The first-order valence-corrected chi connectivity index (χ1v) is 16.3. The number of thiazole rings is 1. The van der Waals surface area contributed by atoms with Gasteiger partial charge >= 0.3 is 0 Å². The maximum absolute atomic E-state index is 14.3. The van der Waals surface area contributed by atoms with E-state index in [4.69, 9.17) is 26.6 Å². The Labute approximate surface area is 281 Å². The van der Waals surface area contributed by atoms with Gasteiger partial charge in [0.25, 0.3) is 11.5 Å². The van der Waals surface area contributed by atoms with Gasteiger partial charge in [0, 0.05) is 16.3 Å². The van der Waals surface area contributed by atoms with E-state index in [1.165, 1.54) is 11.3 Å². The number of ether oxygens (including phenoxy) is 1. The first-order chi connectivity index (χ1) is 22.7. The molecule has 4 aromatic carbocycles. The predicted octanol–water partition coefficient (Wildman–Crippen LogP) is 7.10. The molecule has 0 saturated carbocycles. The lowest BCUT2D eigenvalue weighted by Crippen LogP contribution is -2.40. The number of aromatic nitrogens is 1. The summed E-state index contributed by atoms with van der Waals surface area (Å²) >= 11 is 7.65. The van der Waals surface area contributed by atoms with E-state index in [1.807, 2.05) is 66.7 Å². The Hall–Kier alpha value is -5.23. The molecule has 0 bridgehead atoms. The fourth-order valence-electron chi connectivity index (χ4n) is 5.45. The van der Waals surface area contributed by atoms with Gasteiger partial charge in [0.15, 0.2) is 4.80 Å². The van der Waals surface area contributed by atoms with E-state index in [0.29, 0.717) is 54.1 Å². The molecule has 2 heterocycles. The third-order valence-electron chi connectivity index (χ3n) is 7.95. The number of carbonyl (C=O) groups excluding carboxylic acids is 1. The zero-order valence-electron chi connectivity index (χ0n) is 26.0. The minimum Gasteiger partial charge on any atom is -0.488 e. The molecule has 6 rings (SSSR count). The zero-order chi connectivity index (χ0) is 33.1. The van der Waals surface area contributed by atoms with E-state index < -0.39 is 6.04 Å². The lowest BCUT2D eigenvalue weighted by molar-refractivity contribution is -0.113. The van der Waals surface area contributed by atoms with Crippen LogP contribution >= 0.6 is 22.9 Å². The van der Waals surface area contributed by atoms with Gasteiger partial charge in [-0.3, -0.25) is 14.2 Å². The highest BCUT2D eigenvalue weighted by Gasteiger charge is 2.32. The zero-order valence-corrected chi connectivity index (χ0v) is 27.6. The van der Waals surface area contributed by atoms with E-state index in [1.54, 1.807) is 47.9 Å². The van der Waals surface area contributed by atoms with Gasteiger partial charge in [-0.1, -0.05) is 91.4 Å². The number of hydrogen-bond donors (Lipinski definition) is 1. The number of hydrogen-bond acceptors (Lipinski definition) is 6. The molecule has 1 aromatic heterocycles. The van der Waals surface area contributed by atoms with Crippen molar-refractivity contribution in [2.45, 2.75) is 39.3 Å². The lowest BCUT2D eigenvalue weighted by Gasteiger charge is -2.25. The molecule has 47 heavy (non-hydrogen) atoms. The van der Waals surface area contributed by atoms with Crippen LogP contribution in [0.1, 0.15) is 60.5 Å². The van der Waals surface area contributed by atoms with Gasteiger partial charge in [0.1, 0.15) is 12.4 Å². The molecule has 0 unspecified atom stereocenters. The molecule has 1 amide bonds. The largest absolute Gasteiger partial charge is 0.488 e. The van der Waals surface area contributed by atoms with Gasteiger partial charge < -0.3 is 10.1 Å². The molecule has 1 aliphatic heterocycles. The molecule has 1 aliphatic rings. The molecule has 0 saturated heterocycles. The highest BCUT2D eigenvalue weighted by atomic mass is 35.5. The van der Waals surface area contributed by atoms with Crippen LogP contribution in [-0.4, -0.2) is 10.5 Å². The van der Waals surface area contributed by atoms with E-state index in [9.17, 15) is 9.59 Å². The second-order valence-electron chi connectivity index (χ2n) is 11.5. The molecule has 1 atom stereocenters. The van der Waals surface area contributed by atoms with Crippen molar-refractivity contribution in [2.75, 3.05) is 5.32 Å². The smallest absolute Gasteiger partial charge is 0.271 e. The number of nitrogens with zero attached hydrogens (tertiary/aromatic N) is 3. The van der Waals surface area contributed by atoms with Crippen LogP contribution in [0.25, 0.3) is 6.08 Å². The second-order valence-corrected chi connectivity index (χ2v) is 12.9. The van der Waals surface area contributed by atoms with Crippen molar-refractivity contribution in [3.05, 3.63) is 161 Å². The first-order valence-electron chi connectivity index (χ1n) is 15.1. The van der Waals surface area contributed by atoms with Gasteiger partial charge in [-0.05, 0) is 78.1 Å². The number of carbonyl (C=O) groups is 1. The number of anilines is 1. The van der Waals surface area contributed by atoms with Crippen LogP contribution < -0.4 is 24.9 Å². The van der Waals surface area contributed by atoms with Crippen LogP contribution in [0.2, 0.25) is 5.02 Å². The number of fused-ring (bicyclic) bond motifs is 1. The molecule has 5 aromatic rings. The second kappa shape index (κ2) is 13.6. The van der Waals surface area contributed by atoms with Crippen LogP contribution in [-0.2, 0) is 11.4 Å². The number of para-hydroxylation sites is 1. The number of amides is 1. The standard InChI is InChI=1S/C38H31ClN4O3S/c1-23(2)27-13-15-28(16-14-27)35-34(36(44)42-31-7-5-4-6-8-31)24(3)41-38-43(35)37(45)33(47-38)20-29-19-30(39)17-18-32(29)46-22-26-11-9-25(21-40)10-12-26/h4-20,23,35H,22H2,1-3H3,(H,42,44)/b33-20+/t35-/m1/s1. The van der Waals surface area contributed by atoms with Gasteiger partial charge in [-0.15, -0.1) is 0 Å². The highest BCUT2D eigenvalue weighted by Crippen LogP contribution is 2.32. The van der Waals surface area contributed by atoms with Gasteiger partial charge in [0.05, 0.1) is 33.5 Å². The summed E-state index contributed by atoms with van der Waals surface area (Å²) in [4.78, 5) is 33.4. The summed E-state index contributed by atoms with van der Waals surface area (Å²) < 4.78 is 8.18. The number of halogens is 1. The predicted molar refractivity (Wildman–Crippen MR) is 186 cm³/mol. The lowest BCUT2D eigenvalue weighted by atomic mass is 9.93. The molecule has 0 aliphatic carbocycles. The quantitative estimate of drug-likeness (QED) is 0.192. The normalized spacial score (nSPS) is 14.4. The van der Waals surface area contributed by atoms with Crippen LogP contribution in [0.3, 0.4) is 0 Å². The summed E-state index contributed by atoms with van der Waals surface area (Å²) in [5.74, 6) is 0.553. The minimum absolute atomic E-state index is 0.265. The third-order valence-corrected chi connectivity index (χ3v) is 9.17. The maximum Gasteiger partial charge on any atom is 0.271 e. The Morgan fingerprint density at radius 1 is 1.06 bits per heavy atom. The van der Waals surface area contributed by atoms with Crippen LogP contribution in [0, 0.1) is 11.3 Å². The molecule has 1 N–H and O–H groups in total. The van der Waals surface area contributed by atoms with Crippen molar-refractivity contribution in [3.8, 4) is 11.8 Å². The molecule has 234 valence electrons. The summed E-state index contributed by atoms with van der Waals surface area (Å²) in [7, 11) is 0. The Kier molecular flexibility index (Phi) is 9.21. The number of rotatable bonds is 8. The average molecular weight is 659 g/mol. The molecule has 0 radical (unpaired) electrons. The van der Waals surface area contributed by atoms with Crippen LogP contribution in [0.5, 0.6) is 5.75 Å². The summed E-state index contributed by atoms with van der Waals surface area (Å²) in [6, 6.07) is 31.1. The van der Waals surface area contributed by atoms with E-state index >= 15 is 0 Å². The van der Waals surface area contributed by atoms with Crippen molar-refractivity contribution in [2.24, 2.45) is 4.99 Å². The number of nitriles is 1. The van der Waals surface area contributed by atoms with E-state index in [-0.39, 0.29) is 18.1 Å². The fourth-order valence-corrected chi connectivity index (χ4v) is 6.67. The molecular formula is C38H31ClN4O3S.